The summed E-state index contributed by atoms with van der Waals surface area (Å²) in [5.41, 5.74) is 4.76. The first-order chi connectivity index (χ1) is 21.1. The topological polar surface area (TPSA) is 165 Å². The summed E-state index contributed by atoms with van der Waals surface area (Å²) in [7, 11) is -1.81. The highest BCUT2D eigenvalue weighted by Gasteiger charge is 2.63. The maximum absolute atomic E-state index is 14.4. The van der Waals surface area contributed by atoms with Crippen molar-refractivity contribution in [3.8, 4) is 0 Å². The van der Waals surface area contributed by atoms with Gasteiger partial charge in [-0.15, -0.1) is 0 Å². The number of amides is 3. The standard InChI is InChI=1S/C33H48N4O7S/c1-7-44-31(42)21-11-13-22(14-12-21)45(43)36-27(32(4,5)6)30(41)37-18-33(16-23(33)19(2)3)17-25(37)29(40)35-24(26(38)28(34)39)15-20-9-8-10-20/h11-14,19-20,23-25,27,36H,7-10,15-18H2,1-6H3,(H2,34,39)(H,35,40)/t23-,24?,25-,27+,33?,45?/m0/s1. The van der Waals surface area contributed by atoms with Crippen LogP contribution < -0.4 is 15.8 Å². The van der Waals surface area contributed by atoms with Crippen LogP contribution in [-0.2, 0) is 34.9 Å². The van der Waals surface area contributed by atoms with Gasteiger partial charge in [0.05, 0.1) is 23.1 Å². The largest absolute Gasteiger partial charge is 0.462 e. The Hall–Kier alpha value is -3.12. The quantitative estimate of drug-likeness (QED) is 0.219. The number of nitrogens with two attached hydrogens (primary N) is 1. The van der Waals surface area contributed by atoms with Crippen LogP contribution in [0.5, 0.6) is 0 Å². The number of ketones is 1. The molecule has 4 N–H and O–H groups in total. The first kappa shape index (κ1) is 34.7. The Bertz CT molecular complexity index is 1340. The summed E-state index contributed by atoms with van der Waals surface area (Å²) in [5, 5.41) is 2.80. The van der Waals surface area contributed by atoms with E-state index in [1.807, 2.05) is 20.8 Å². The van der Waals surface area contributed by atoms with E-state index in [2.05, 4.69) is 23.9 Å². The third-order valence-electron chi connectivity index (χ3n) is 9.69. The van der Waals surface area contributed by atoms with Gasteiger partial charge in [-0.2, -0.15) is 0 Å². The highest BCUT2D eigenvalue weighted by Crippen LogP contribution is 2.63. The van der Waals surface area contributed by atoms with Gasteiger partial charge in [-0.3, -0.25) is 19.2 Å². The van der Waals surface area contributed by atoms with Crippen molar-refractivity contribution in [1.82, 2.24) is 14.9 Å². The van der Waals surface area contributed by atoms with Crippen molar-refractivity contribution in [3.05, 3.63) is 29.8 Å². The average molecular weight is 645 g/mol. The molecule has 11 nitrogen and oxygen atoms in total. The van der Waals surface area contributed by atoms with Gasteiger partial charge in [-0.25, -0.2) is 13.7 Å². The minimum absolute atomic E-state index is 0.215. The second-order valence-corrected chi connectivity index (χ2v) is 15.6. The van der Waals surface area contributed by atoms with Gasteiger partial charge < -0.3 is 20.7 Å². The molecule has 1 saturated heterocycles. The summed E-state index contributed by atoms with van der Waals surface area (Å²) in [6.45, 7) is 12.2. The average Bonchev–Trinajstić information content (AvgIpc) is 3.53. The van der Waals surface area contributed by atoms with Gasteiger partial charge in [0.2, 0.25) is 17.6 Å². The molecule has 45 heavy (non-hydrogen) atoms. The fraction of sp³-hybridized carbons (Fsp3) is 0.667. The van der Waals surface area contributed by atoms with E-state index >= 15 is 0 Å². The molecule has 2 aliphatic carbocycles. The number of nitrogens with zero attached hydrogens (tertiary/aromatic N) is 1. The maximum Gasteiger partial charge on any atom is 0.338 e. The lowest BCUT2D eigenvalue weighted by atomic mass is 9.80. The first-order valence-corrected chi connectivity index (χ1v) is 17.1. The molecule has 12 heteroatoms. The molecule has 3 unspecified atom stereocenters. The van der Waals surface area contributed by atoms with E-state index in [0.29, 0.717) is 41.7 Å². The van der Waals surface area contributed by atoms with Crippen molar-refractivity contribution in [3.63, 3.8) is 0 Å². The van der Waals surface area contributed by atoms with E-state index in [9.17, 15) is 28.2 Å². The Morgan fingerprint density at radius 2 is 1.73 bits per heavy atom. The number of benzene rings is 1. The van der Waals surface area contributed by atoms with Crippen LogP contribution in [-0.4, -0.2) is 69.9 Å². The fourth-order valence-electron chi connectivity index (χ4n) is 6.81. The molecule has 1 aromatic rings. The monoisotopic (exact) mass is 644 g/mol. The molecule has 3 amide bonds. The molecular weight excluding hydrogens is 596 g/mol. The van der Waals surface area contributed by atoms with Gasteiger partial charge in [-0.05, 0) is 79.0 Å². The van der Waals surface area contributed by atoms with Crippen molar-refractivity contribution in [1.29, 1.82) is 0 Å². The number of hydrogen-bond acceptors (Lipinski definition) is 7. The molecule has 1 spiro atoms. The van der Waals surface area contributed by atoms with Gasteiger partial charge in [0.15, 0.2) is 0 Å². The first-order valence-electron chi connectivity index (χ1n) is 16.0. The molecule has 248 valence electrons. The molecule has 1 aliphatic heterocycles. The fourth-order valence-corrected chi connectivity index (χ4v) is 8.00. The van der Waals surface area contributed by atoms with Crippen molar-refractivity contribution in [2.75, 3.05) is 13.2 Å². The van der Waals surface area contributed by atoms with Crippen LogP contribution in [0.2, 0.25) is 0 Å². The molecule has 3 aliphatic rings. The normalized spacial score (nSPS) is 24.9. The van der Waals surface area contributed by atoms with Gasteiger partial charge in [0, 0.05) is 6.54 Å². The zero-order valence-corrected chi connectivity index (χ0v) is 28.0. The van der Waals surface area contributed by atoms with Crippen molar-refractivity contribution in [2.45, 2.75) is 103 Å². The number of esters is 1. The summed E-state index contributed by atoms with van der Waals surface area (Å²) in [4.78, 5) is 66.8. The lowest BCUT2D eigenvalue weighted by Gasteiger charge is -2.35. The number of rotatable bonds is 13. The van der Waals surface area contributed by atoms with E-state index in [0.717, 1.165) is 25.7 Å². The molecule has 0 aromatic heterocycles. The lowest BCUT2D eigenvalue weighted by Crippen LogP contribution is -2.58. The number of ether oxygens (including phenoxy) is 1. The number of carbonyl (C=O) groups excluding carboxylic acids is 5. The zero-order valence-electron chi connectivity index (χ0n) is 27.2. The SMILES string of the molecule is CCOC(=O)c1ccc(S(=O)N[C@H](C(=O)N2CC3(C[C@H]2C(=O)NC(CC2CCC2)C(=O)C(N)=O)C[C@H]3C(C)C)C(C)(C)C)cc1. The van der Waals surface area contributed by atoms with Gasteiger partial charge in [0.25, 0.3) is 5.91 Å². The third-order valence-corrected chi connectivity index (χ3v) is 10.8. The summed E-state index contributed by atoms with van der Waals surface area (Å²) in [6.07, 6.45) is 4.56. The van der Waals surface area contributed by atoms with Gasteiger partial charge >= 0.3 is 5.97 Å². The highest BCUT2D eigenvalue weighted by atomic mass is 32.2. The Balaban J connectivity index is 1.57. The van der Waals surface area contributed by atoms with Crippen LogP contribution in [0.25, 0.3) is 0 Å². The molecular formula is C33H48N4O7S. The van der Waals surface area contributed by atoms with Crippen molar-refractivity contribution >= 4 is 40.5 Å². The number of primary amides is 1. The van der Waals surface area contributed by atoms with Crippen LogP contribution in [0.3, 0.4) is 0 Å². The van der Waals surface area contributed by atoms with Crippen molar-refractivity contribution in [2.24, 2.45) is 34.3 Å². The number of Topliss-reactive ketones (excluding diaryl/α,β-unsaturated/α-hetero) is 1. The lowest BCUT2D eigenvalue weighted by molar-refractivity contribution is -0.143. The highest BCUT2D eigenvalue weighted by molar-refractivity contribution is 7.83. The molecule has 4 rings (SSSR count). The number of nitrogens with one attached hydrogen (secondary N) is 2. The summed E-state index contributed by atoms with van der Waals surface area (Å²) < 4.78 is 21.5. The molecule has 0 radical (unpaired) electrons. The van der Waals surface area contributed by atoms with E-state index in [4.69, 9.17) is 10.5 Å². The zero-order chi connectivity index (χ0) is 33.3. The minimum atomic E-state index is -1.81. The van der Waals surface area contributed by atoms with E-state index in [1.54, 1.807) is 24.0 Å². The van der Waals surface area contributed by atoms with Crippen LogP contribution in [0.1, 0.15) is 90.4 Å². The molecule has 1 heterocycles. The van der Waals surface area contributed by atoms with Crippen molar-refractivity contribution < 1.29 is 32.9 Å². The predicted molar refractivity (Wildman–Crippen MR) is 169 cm³/mol. The second kappa shape index (κ2) is 13.7. The second-order valence-electron chi connectivity index (χ2n) is 14.4. The molecule has 1 aromatic carbocycles. The summed E-state index contributed by atoms with van der Waals surface area (Å²) >= 11 is 0. The Morgan fingerprint density at radius 1 is 1.09 bits per heavy atom. The van der Waals surface area contributed by atoms with Crippen LogP contribution in [0, 0.1) is 28.6 Å². The number of hydrogen-bond donors (Lipinski definition) is 3. The minimum Gasteiger partial charge on any atom is -0.462 e. The number of carbonyl (C=O) groups is 5. The van der Waals surface area contributed by atoms with E-state index in [1.165, 1.54) is 12.1 Å². The van der Waals surface area contributed by atoms with Crippen LogP contribution in [0.4, 0.5) is 0 Å². The predicted octanol–water partition coefficient (Wildman–Crippen LogP) is 2.88. The molecule has 0 bridgehead atoms. The molecule has 3 fully saturated rings. The smallest absolute Gasteiger partial charge is 0.338 e. The molecule has 6 atom stereocenters. The van der Waals surface area contributed by atoms with Crippen LogP contribution in [0.15, 0.2) is 29.2 Å². The third kappa shape index (κ3) is 7.82. The van der Waals surface area contributed by atoms with Crippen LogP contribution >= 0.6 is 0 Å². The summed E-state index contributed by atoms with van der Waals surface area (Å²) in [6, 6.07) is 3.34. The van der Waals surface area contributed by atoms with Gasteiger partial charge in [-0.1, -0.05) is 53.9 Å². The van der Waals surface area contributed by atoms with E-state index < -0.39 is 58.1 Å². The van der Waals surface area contributed by atoms with Gasteiger partial charge in [0.1, 0.15) is 23.1 Å². The summed E-state index contributed by atoms with van der Waals surface area (Å²) in [5.74, 6) is -2.29. The Kier molecular flexibility index (Phi) is 10.6. The van der Waals surface area contributed by atoms with E-state index in [-0.39, 0.29) is 23.8 Å². The Morgan fingerprint density at radius 3 is 2.22 bits per heavy atom. The number of likely N-dealkylation sites (tertiary alicyclic amines) is 1. The maximum atomic E-state index is 14.4. The molecule has 2 saturated carbocycles. The Labute approximate surface area is 268 Å².